The molecule has 0 spiro atoms. The Morgan fingerprint density at radius 2 is 1.94 bits per heavy atom. The van der Waals surface area contributed by atoms with Gasteiger partial charge in [0.1, 0.15) is 0 Å². The first-order chi connectivity index (χ1) is 8.27. The van der Waals surface area contributed by atoms with Gasteiger partial charge in [0.05, 0.1) is 5.69 Å². The Hall–Kier alpha value is -2.09. The summed E-state index contributed by atoms with van der Waals surface area (Å²) >= 11 is 0. The summed E-state index contributed by atoms with van der Waals surface area (Å²) in [6.07, 6.45) is 6.04. The van der Waals surface area contributed by atoms with Crippen molar-refractivity contribution in [1.29, 1.82) is 0 Å². The molecule has 0 aliphatic rings. The average molecular weight is 225 g/mol. The molecule has 17 heavy (non-hydrogen) atoms. The molecule has 0 aliphatic carbocycles. The number of carbonyl (C=O) groups excluding carboxylic acids is 1. The molecule has 0 unspecified atom stereocenters. The zero-order valence-electron chi connectivity index (χ0n) is 9.84. The van der Waals surface area contributed by atoms with E-state index < -0.39 is 0 Å². The highest BCUT2D eigenvalue weighted by Gasteiger charge is 2.03. The van der Waals surface area contributed by atoms with Crippen LogP contribution in [0.15, 0.2) is 54.7 Å². The maximum Gasteiger partial charge on any atom is 0.176 e. The van der Waals surface area contributed by atoms with E-state index in [1.54, 1.807) is 6.92 Å². The quantitative estimate of drug-likeness (QED) is 0.731. The summed E-state index contributed by atoms with van der Waals surface area (Å²) in [5.41, 5.74) is 1.92. The van der Waals surface area contributed by atoms with E-state index in [9.17, 15) is 4.79 Å². The van der Waals surface area contributed by atoms with Crippen molar-refractivity contribution < 1.29 is 4.79 Å². The van der Waals surface area contributed by atoms with Gasteiger partial charge in [-0.1, -0.05) is 42.5 Å². The number of Topliss-reactive ketones (excluding diaryl/α,β-unsaturated/α-hetero) is 1. The van der Waals surface area contributed by atoms with Crippen LogP contribution in [0.1, 0.15) is 23.0 Å². The lowest BCUT2D eigenvalue weighted by molar-refractivity contribution is 0.100. The highest BCUT2D eigenvalue weighted by molar-refractivity contribution is 5.92. The fraction of sp³-hybridized carbons (Fsp3) is 0.133. The predicted octanol–water partition coefficient (Wildman–Crippen LogP) is 3.40. The number of carbonyl (C=O) groups is 1. The Balaban J connectivity index is 2.05. The van der Waals surface area contributed by atoms with E-state index in [2.05, 4.69) is 24.3 Å². The second kappa shape index (κ2) is 5.30. The van der Waals surface area contributed by atoms with Crippen molar-refractivity contribution in [1.82, 2.24) is 4.57 Å². The topological polar surface area (TPSA) is 22.0 Å². The van der Waals surface area contributed by atoms with Gasteiger partial charge in [0.15, 0.2) is 5.78 Å². The van der Waals surface area contributed by atoms with Crippen molar-refractivity contribution in [3.05, 3.63) is 66.0 Å². The van der Waals surface area contributed by atoms with E-state index in [4.69, 9.17) is 0 Å². The first kappa shape index (κ1) is 11.4. The van der Waals surface area contributed by atoms with Gasteiger partial charge in [0.25, 0.3) is 0 Å². The molecule has 0 atom stereocenters. The fourth-order valence-electron chi connectivity index (χ4n) is 1.76. The fourth-order valence-corrected chi connectivity index (χ4v) is 1.76. The van der Waals surface area contributed by atoms with Crippen molar-refractivity contribution >= 4 is 11.9 Å². The summed E-state index contributed by atoms with van der Waals surface area (Å²) in [6, 6.07) is 13.9. The molecular formula is C15H15NO. The normalized spacial score (nSPS) is 10.9. The first-order valence-electron chi connectivity index (χ1n) is 5.65. The van der Waals surface area contributed by atoms with Gasteiger partial charge in [-0.15, -0.1) is 0 Å². The molecule has 2 heteroatoms. The van der Waals surface area contributed by atoms with Crippen LogP contribution in [0.2, 0.25) is 0 Å². The van der Waals surface area contributed by atoms with Crippen LogP contribution in [-0.2, 0) is 6.54 Å². The first-order valence-corrected chi connectivity index (χ1v) is 5.65. The van der Waals surface area contributed by atoms with Crippen LogP contribution in [0.4, 0.5) is 0 Å². The highest BCUT2D eigenvalue weighted by atomic mass is 16.1. The van der Waals surface area contributed by atoms with E-state index >= 15 is 0 Å². The van der Waals surface area contributed by atoms with E-state index in [-0.39, 0.29) is 5.78 Å². The van der Waals surface area contributed by atoms with Crippen LogP contribution in [0.5, 0.6) is 0 Å². The van der Waals surface area contributed by atoms with Gasteiger partial charge in [0, 0.05) is 19.7 Å². The Bertz CT molecular complexity index is 523. The Morgan fingerprint density at radius 3 is 2.65 bits per heavy atom. The molecule has 0 amide bonds. The molecule has 0 bridgehead atoms. The number of ketones is 1. The molecule has 1 aromatic heterocycles. The van der Waals surface area contributed by atoms with E-state index in [0.29, 0.717) is 0 Å². The van der Waals surface area contributed by atoms with Crippen LogP contribution < -0.4 is 0 Å². The molecule has 0 saturated heterocycles. The molecule has 0 saturated carbocycles. The SMILES string of the molecule is CC(=O)c1cccn1CC=Cc1ccccc1. The second-order valence-electron chi connectivity index (χ2n) is 3.92. The monoisotopic (exact) mass is 225 g/mol. The Labute approximate surface area is 101 Å². The summed E-state index contributed by atoms with van der Waals surface area (Å²) in [5, 5.41) is 0. The van der Waals surface area contributed by atoms with Gasteiger partial charge in [0.2, 0.25) is 0 Å². The van der Waals surface area contributed by atoms with Crippen LogP contribution in [0.25, 0.3) is 6.08 Å². The summed E-state index contributed by atoms with van der Waals surface area (Å²) in [4.78, 5) is 11.3. The standard InChI is InChI=1S/C15H15NO/c1-13(17)15-10-6-12-16(15)11-5-9-14-7-3-2-4-8-14/h2-10,12H,11H2,1H3. The average Bonchev–Trinajstić information content (AvgIpc) is 2.79. The summed E-state index contributed by atoms with van der Waals surface area (Å²) in [7, 11) is 0. The summed E-state index contributed by atoms with van der Waals surface area (Å²) < 4.78 is 1.95. The van der Waals surface area contributed by atoms with E-state index in [1.807, 2.05) is 41.1 Å². The molecule has 1 heterocycles. The van der Waals surface area contributed by atoms with Gasteiger partial charge in [-0.05, 0) is 17.7 Å². The van der Waals surface area contributed by atoms with Crippen molar-refractivity contribution in [3.8, 4) is 0 Å². The smallest absolute Gasteiger partial charge is 0.176 e. The third-order valence-electron chi connectivity index (χ3n) is 2.60. The number of hydrogen-bond donors (Lipinski definition) is 0. The molecule has 2 nitrogen and oxygen atoms in total. The van der Waals surface area contributed by atoms with E-state index in [1.165, 1.54) is 5.56 Å². The Morgan fingerprint density at radius 1 is 1.18 bits per heavy atom. The van der Waals surface area contributed by atoms with Gasteiger partial charge < -0.3 is 4.57 Å². The van der Waals surface area contributed by atoms with Crippen LogP contribution in [0.3, 0.4) is 0 Å². The lowest BCUT2D eigenvalue weighted by atomic mass is 10.2. The molecule has 0 fully saturated rings. The third-order valence-corrected chi connectivity index (χ3v) is 2.60. The van der Waals surface area contributed by atoms with E-state index in [0.717, 1.165) is 12.2 Å². The number of benzene rings is 1. The molecule has 86 valence electrons. The van der Waals surface area contributed by atoms with Crippen molar-refractivity contribution in [2.75, 3.05) is 0 Å². The third kappa shape index (κ3) is 2.94. The molecule has 1 aromatic carbocycles. The second-order valence-corrected chi connectivity index (χ2v) is 3.92. The number of aromatic nitrogens is 1. The van der Waals surface area contributed by atoms with Gasteiger partial charge >= 0.3 is 0 Å². The summed E-state index contributed by atoms with van der Waals surface area (Å²) in [6.45, 7) is 2.31. The van der Waals surface area contributed by atoms with Crippen LogP contribution >= 0.6 is 0 Å². The van der Waals surface area contributed by atoms with Crippen molar-refractivity contribution in [2.24, 2.45) is 0 Å². The number of allylic oxidation sites excluding steroid dienone is 1. The molecule has 0 radical (unpaired) electrons. The molecule has 0 N–H and O–H groups in total. The van der Waals surface area contributed by atoms with Crippen LogP contribution in [0, 0.1) is 0 Å². The zero-order valence-corrected chi connectivity index (χ0v) is 9.84. The Kier molecular flexibility index (Phi) is 3.55. The van der Waals surface area contributed by atoms with Gasteiger partial charge in [-0.3, -0.25) is 4.79 Å². The maximum atomic E-state index is 11.3. The molecule has 2 rings (SSSR count). The minimum absolute atomic E-state index is 0.100. The highest BCUT2D eigenvalue weighted by Crippen LogP contribution is 2.05. The zero-order chi connectivity index (χ0) is 12.1. The van der Waals surface area contributed by atoms with Gasteiger partial charge in [-0.2, -0.15) is 0 Å². The molecule has 2 aromatic rings. The number of rotatable bonds is 4. The maximum absolute atomic E-state index is 11.3. The van der Waals surface area contributed by atoms with Crippen LogP contribution in [-0.4, -0.2) is 10.4 Å². The number of nitrogens with zero attached hydrogens (tertiary/aromatic N) is 1. The minimum atomic E-state index is 0.100. The van der Waals surface area contributed by atoms with Gasteiger partial charge in [-0.25, -0.2) is 0 Å². The predicted molar refractivity (Wildman–Crippen MR) is 69.9 cm³/mol. The largest absolute Gasteiger partial charge is 0.341 e. The summed E-state index contributed by atoms with van der Waals surface area (Å²) in [5.74, 6) is 0.100. The van der Waals surface area contributed by atoms with Crippen molar-refractivity contribution in [3.63, 3.8) is 0 Å². The molecular weight excluding hydrogens is 210 g/mol. The van der Waals surface area contributed by atoms with Crippen molar-refractivity contribution in [2.45, 2.75) is 13.5 Å². The molecule has 0 aliphatic heterocycles. The number of hydrogen-bond acceptors (Lipinski definition) is 1. The lowest BCUT2D eigenvalue weighted by Crippen LogP contribution is -2.03. The minimum Gasteiger partial charge on any atom is -0.341 e. The lowest BCUT2D eigenvalue weighted by Gasteiger charge is -2.02.